The van der Waals surface area contributed by atoms with Crippen molar-refractivity contribution in [3.05, 3.63) is 29.3 Å². The lowest BCUT2D eigenvalue weighted by Gasteiger charge is -2.40. The number of oxime groups is 1. The van der Waals surface area contributed by atoms with E-state index < -0.39 is 0 Å². The Morgan fingerprint density at radius 3 is 2.79 bits per heavy atom. The minimum absolute atomic E-state index is 0.172. The maximum atomic E-state index is 8.93. The molecule has 5 nitrogen and oxygen atoms in total. The number of nitrogens with two attached hydrogens (primary N) is 1. The lowest BCUT2D eigenvalue weighted by atomic mass is 10.0. The van der Waals surface area contributed by atoms with Gasteiger partial charge in [0.15, 0.2) is 5.84 Å². The van der Waals surface area contributed by atoms with Crippen molar-refractivity contribution in [2.45, 2.75) is 19.9 Å². The molecule has 5 heteroatoms. The molecule has 0 aromatic heterocycles. The zero-order chi connectivity index (χ0) is 14.0. The van der Waals surface area contributed by atoms with Gasteiger partial charge in [-0.2, -0.15) is 0 Å². The molecule has 0 radical (unpaired) electrons. The first-order valence-corrected chi connectivity index (χ1v) is 6.57. The molecule has 0 amide bonds. The molecule has 1 heterocycles. The number of likely N-dealkylation sites (N-methyl/N-ethyl adjacent to an activating group) is 1. The Labute approximate surface area is 114 Å². The first-order chi connectivity index (χ1) is 9.04. The molecular formula is C14H22N4O. The second-order valence-electron chi connectivity index (χ2n) is 5.23. The minimum atomic E-state index is 0.172. The molecule has 1 fully saturated rings. The van der Waals surface area contributed by atoms with Crippen LogP contribution in [-0.4, -0.2) is 48.7 Å². The van der Waals surface area contributed by atoms with E-state index in [9.17, 15) is 0 Å². The van der Waals surface area contributed by atoms with Gasteiger partial charge in [-0.05, 0) is 32.5 Å². The van der Waals surface area contributed by atoms with Gasteiger partial charge < -0.3 is 20.7 Å². The van der Waals surface area contributed by atoms with E-state index in [1.165, 1.54) is 0 Å². The van der Waals surface area contributed by atoms with Crippen LogP contribution in [0.3, 0.4) is 0 Å². The van der Waals surface area contributed by atoms with Crippen molar-refractivity contribution in [3.63, 3.8) is 0 Å². The largest absolute Gasteiger partial charge is 0.409 e. The Kier molecular flexibility index (Phi) is 3.95. The van der Waals surface area contributed by atoms with Crippen LogP contribution in [0.4, 0.5) is 5.69 Å². The number of hydrogen-bond acceptors (Lipinski definition) is 4. The van der Waals surface area contributed by atoms with Gasteiger partial charge in [-0.25, -0.2) is 0 Å². The topological polar surface area (TPSA) is 65.1 Å². The number of piperazine rings is 1. The fraction of sp³-hybridized carbons (Fsp3) is 0.500. The molecule has 1 unspecified atom stereocenters. The van der Waals surface area contributed by atoms with Gasteiger partial charge in [0.05, 0.1) is 5.69 Å². The second kappa shape index (κ2) is 5.48. The standard InChI is InChI=1S/C14H22N4O/c1-10-5-4-6-12(14(15)16-19)13(10)18-8-7-17(3)11(2)9-18/h4-6,11,19H,7-9H2,1-3H3,(H2,15,16). The fourth-order valence-corrected chi connectivity index (χ4v) is 2.59. The van der Waals surface area contributed by atoms with Crippen LogP contribution in [0.5, 0.6) is 0 Å². The van der Waals surface area contributed by atoms with Gasteiger partial charge in [-0.1, -0.05) is 17.3 Å². The Hall–Kier alpha value is -1.75. The van der Waals surface area contributed by atoms with Crippen LogP contribution in [0.1, 0.15) is 18.1 Å². The third-order valence-electron chi connectivity index (χ3n) is 3.90. The van der Waals surface area contributed by atoms with E-state index in [0.29, 0.717) is 6.04 Å². The summed E-state index contributed by atoms with van der Waals surface area (Å²) < 4.78 is 0. The molecule has 0 aliphatic carbocycles. The number of aryl methyl sites for hydroxylation is 1. The average molecular weight is 262 g/mol. The minimum Gasteiger partial charge on any atom is -0.409 e. The summed E-state index contributed by atoms with van der Waals surface area (Å²) in [7, 11) is 2.14. The van der Waals surface area contributed by atoms with Crippen LogP contribution >= 0.6 is 0 Å². The van der Waals surface area contributed by atoms with Crippen LogP contribution in [0.2, 0.25) is 0 Å². The summed E-state index contributed by atoms with van der Waals surface area (Å²) in [6, 6.07) is 6.40. The SMILES string of the molecule is Cc1cccc(/C(N)=N/O)c1N1CCN(C)C(C)C1. The maximum Gasteiger partial charge on any atom is 0.172 e. The molecule has 1 aliphatic heterocycles. The van der Waals surface area contributed by atoms with Gasteiger partial charge in [0, 0.05) is 31.2 Å². The van der Waals surface area contributed by atoms with E-state index in [1.807, 2.05) is 12.1 Å². The van der Waals surface area contributed by atoms with Gasteiger partial charge in [-0.15, -0.1) is 0 Å². The summed E-state index contributed by atoms with van der Waals surface area (Å²) in [5, 5.41) is 12.1. The predicted molar refractivity (Wildman–Crippen MR) is 78.0 cm³/mol. The van der Waals surface area contributed by atoms with Crippen molar-refractivity contribution < 1.29 is 5.21 Å². The van der Waals surface area contributed by atoms with Crippen molar-refractivity contribution in [2.24, 2.45) is 10.9 Å². The first kappa shape index (κ1) is 13.7. The van der Waals surface area contributed by atoms with E-state index >= 15 is 0 Å². The lowest BCUT2D eigenvalue weighted by molar-refractivity contribution is 0.234. The molecule has 0 saturated carbocycles. The fourth-order valence-electron chi connectivity index (χ4n) is 2.59. The van der Waals surface area contributed by atoms with E-state index in [4.69, 9.17) is 10.9 Å². The summed E-state index contributed by atoms with van der Waals surface area (Å²) in [6.45, 7) is 7.20. The Balaban J connectivity index is 2.39. The van der Waals surface area contributed by atoms with Crippen LogP contribution in [0, 0.1) is 6.92 Å². The molecule has 1 saturated heterocycles. The smallest absolute Gasteiger partial charge is 0.172 e. The molecule has 0 bridgehead atoms. The third-order valence-corrected chi connectivity index (χ3v) is 3.90. The molecule has 19 heavy (non-hydrogen) atoms. The van der Waals surface area contributed by atoms with Crippen LogP contribution < -0.4 is 10.6 Å². The van der Waals surface area contributed by atoms with Gasteiger partial charge in [0.2, 0.25) is 0 Å². The van der Waals surface area contributed by atoms with Crippen LogP contribution in [0.25, 0.3) is 0 Å². The normalized spacial score (nSPS) is 21.7. The number of rotatable bonds is 2. The molecular weight excluding hydrogens is 240 g/mol. The van der Waals surface area contributed by atoms with Crippen molar-refractivity contribution >= 4 is 11.5 Å². The number of para-hydroxylation sites is 1. The summed E-state index contributed by atoms with van der Waals surface area (Å²) >= 11 is 0. The number of nitrogens with zero attached hydrogens (tertiary/aromatic N) is 3. The molecule has 1 aromatic rings. The third kappa shape index (κ3) is 2.66. The quantitative estimate of drug-likeness (QED) is 0.364. The van der Waals surface area contributed by atoms with E-state index in [2.05, 4.69) is 41.9 Å². The first-order valence-electron chi connectivity index (χ1n) is 6.57. The molecule has 104 valence electrons. The predicted octanol–water partition coefficient (Wildman–Crippen LogP) is 1.23. The van der Waals surface area contributed by atoms with E-state index in [1.54, 1.807) is 0 Å². The number of hydrogen-bond donors (Lipinski definition) is 2. The molecule has 1 atom stereocenters. The maximum absolute atomic E-state index is 8.93. The van der Waals surface area contributed by atoms with Crippen molar-refractivity contribution in [2.75, 3.05) is 31.6 Å². The van der Waals surface area contributed by atoms with Gasteiger partial charge in [-0.3, -0.25) is 0 Å². The summed E-state index contributed by atoms with van der Waals surface area (Å²) in [5.41, 5.74) is 8.84. The lowest BCUT2D eigenvalue weighted by Crippen LogP contribution is -2.50. The van der Waals surface area contributed by atoms with E-state index in [0.717, 1.165) is 36.4 Å². The highest BCUT2D eigenvalue weighted by atomic mass is 16.4. The number of amidine groups is 1. The zero-order valence-electron chi connectivity index (χ0n) is 11.8. The van der Waals surface area contributed by atoms with Crippen LogP contribution in [0.15, 0.2) is 23.4 Å². The molecule has 2 rings (SSSR count). The molecule has 0 spiro atoms. The average Bonchev–Trinajstić information content (AvgIpc) is 2.41. The second-order valence-corrected chi connectivity index (χ2v) is 5.23. The van der Waals surface area contributed by atoms with Gasteiger partial charge in [0.1, 0.15) is 0 Å². The highest BCUT2D eigenvalue weighted by molar-refractivity contribution is 6.02. The molecule has 1 aromatic carbocycles. The highest BCUT2D eigenvalue weighted by Crippen LogP contribution is 2.27. The summed E-state index contributed by atoms with van der Waals surface area (Å²) in [4.78, 5) is 4.67. The number of benzene rings is 1. The Bertz CT molecular complexity index is 486. The van der Waals surface area contributed by atoms with Gasteiger partial charge in [0.25, 0.3) is 0 Å². The monoisotopic (exact) mass is 262 g/mol. The van der Waals surface area contributed by atoms with E-state index in [-0.39, 0.29) is 5.84 Å². The Morgan fingerprint density at radius 1 is 1.42 bits per heavy atom. The Morgan fingerprint density at radius 2 is 2.16 bits per heavy atom. The molecule has 3 N–H and O–H groups in total. The van der Waals surface area contributed by atoms with Crippen molar-refractivity contribution in [1.82, 2.24) is 4.90 Å². The summed E-state index contributed by atoms with van der Waals surface area (Å²) in [6.07, 6.45) is 0. The number of anilines is 1. The van der Waals surface area contributed by atoms with Crippen molar-refractivity contribution in [3.8, 4) is 0 Å². The van der Waals surface area contributed by atoms with Crippen molar-refractivity contribution in [1.29, 1.82) is 0 Å². The van der Waals surface area contributed by atoms with Gasteiger partial charge >= 0.3 is 0 Å². The highest BCUT2D eigenvalue weighted by Gasteiger charge is 2.24. The molecule has 1 aliphatic rings. The van der Waals surface area contributed by atoms with Crippen LogP contribution in [-0.2, 0) is 0 Å². The zero-order valence-corrected chi connectivity index (χ0v) is 11.8. The summed E-state index contributed by atoms with van der Waals surface area (Å²) in [5.74, 6) is 0.172.